The number of ether oxygens (including phenoxy) is 1. The molecule has 0 atom stereocenters. The Morgan fingerprint density at radius 2 is 1.78 bits per heavy atom. The highest BCUT2D eigenvalue weighted by Gasteiger charge is 2.25. The summed E-state index contributed by atoms with van der Waals surface area (Å²) < 4.78 is 6.41. The Kier molecular flexibility index (Phi) is 5.73. The monoisotopic (exact) mass is 372 g/mol. The van der Waals surface area contributed by atoms with Gasteiger partial charge in [0.1, 0.15) is 6.54 Å². The molecule has 0 spiro atoms. The topological polar surface area (TPSA) is 84.7 Å². The van der Waals surface area contributed by atoms with Crippen molar-refractivity contribution in [1.82, 2.24) is 19.6 Å². The van der Waals surface area contributed by atoms with Gasteiger partial charge in [0.2, 0.25) is 5.91 Å². The zero-order valence-corrected chi connectivity index (χ0v) is 15.6. The van der Waals surface area contributed by atoms with Crippen molar-refractivity contribution in [3.8, 4) is 0 Å². The van der Waals surface area contributed by atoms with Crippen LogP contribution in [0.5, 0.6) is 0 Å². The van der Waals surface area contributed by atoms with Crippen molar-refractivity contribution < 1.29 is 14.3 Å². The number of amides is 2. The van der Waals surface area contributed by atoms with E-state index >= 15 is 0 Å². The maximum atomic E-state index is 12.5. The lowest BCUT2D eigenvalue weighted by Gasteiger charge is -2.34. The second-order valence-electron chi connectivity index (χ2n) is 7.03. The van der Waals surface area contributed by atoms with Crippen LogP contribution in [0.15, 0.2) is 35.3 Å². The Bertz CT molecular complexity index is 885. The number of aromatic nitrogens is 2. The van der Waals surface area contributed by atoms with Gasteiger partial charge in [-0.1, -0.05) is 32.0 Å². The van der Waals surface area contributed by atoms with E-state index in [1.807, 2.05) is 26.0 Å². The van der Waals surface area contributed by atoms with Gasteiger partial charge in [-0.05, 0) is 12.0 Å². The van der Waals surface area contributed by atoms with Gasteiger partial charge >= 0.3 is 6.09 Å². The fourth-order valence-corrected chi connectivity index (χ4v) is 2.94. The molecule has 1 aromatic carbocycles. The average molecular weight is 372 g/mol. The molecule has 0 saturated carbocycles. The van der Waals surface area contributed by atoms with E-state index in [0.717, 1.165) is 5.39 Å². The number of nitrogens with zero attached hydrogens (tertiary/aromatic N) is 4. The van der Waals surface area contributed by atoms with E-state index in [1.54, 1.807) is 28.1 Å². The minimum Gasteiger partial charge on any atom is -0.449 e. The Balaban J connectivity index is 1.58. The van der Waals surface area contributed by atoms with Gasteiger partial charge < -0.3 is 14.5 Å². The van der Waals surface area contributed by atoms with Gasteiger partial charge in [0.25, 0.3) is 5.56 Å². The van der Waals surface area contributed by atoms with Gasteiger partial charge in [-0.3, -0.25) is 9.59 Å². The molecule has 0 bridgehead atoms. The molecule has 0 radical (unpaired) electrons. The first kappa shape index (κ1) is 18.9. The van der Waals surface area contributed by atoms with Crippen LogP contribution in [-0.2, 0) is 16.1 Å². The molecule has 2 heterocycles. The summed E-state index contributed by atoms with van der Waals surface area (Å²) in [6.07, 6.45) is 1.25. The molecule has 2 amide bonds. The standard InChI is InChI=1S/C19H24N4O4/c1-14(2)13-27-19(26)22-9-7-21(8-10-22)17(24)12-23-18(25)16-6-4-3-5-15(16)11-20-23/h3-6,11,14H,7-10,12-13H2,1-2H3. The highest BCUT2D eigenvalue weighted by molar-refractivity contribution is 5.81. The molecule has 1 saturated heterocycles. The van der Waals surface area contributed by atoms with Crippen LogP contribution in [0.2, 0.25) is 0 Å². The first-order chi connectivity index (χ1) is 13.0. The number of carbonyl (C=O) groups excluding carboxylic acids is 2. The van der Waals surface area contributed by atoms with E-state index in [9.17, 15) is 14.4 Å². The molecule has 1 aromatic heterocycles. The molecule has 144 valence electrons. The zero-order valence-electron chi connectivity index (χ0n) is 15.6. The van der Waals surface area contributed by atoms with E-state index in [1.165, 1.54) is 4.68 Å². The van der Waals surface area contributed by atoms with Gasteiger partial charge in [-0.15, -0.1) is 0 Å². The highest BCUT2D eigenvalue weighted by atomic mass is 16.6. The van der Waals surface area contributed by atoms with Crippen LogP contribution in [0.1, 0.15) is 13.8 Å². The lowest BCUT2D eigenvalue weighted by Crippen LogP contribution is -2.52. The molecule has 0 N–H and O–H groups in total. The molecular formula is C19H24N4O4. The fraction of sp³-hybridized carbons (Fsp3) is 0.474. The van der Waals surface area contributed by atoms with Crippen molar-refractivity contribution >= 4 is 22.8 Å². The second-order valence-corrected chi connectivity index (χ2v) is 7.03. The van der Waals surface area contributed by atoms with Gasteiger partial charge in [0.15, 0.2) is 0 Å². The molecular weight excluding hydrogens is 348 g/mol. The fourth-order valence-electron chi connectivity index (χ4n) is 2.94. The summed E-state index contributed by atoms with van der Waals surface area (Å²) in [5.41, 5.74) is -0.280. The first-order valence-corrected chi connectivity index (χ1v) is 9.10. The predicted molar refractivity (Wildman–Crippen MR) is 100 cm³/mol. The number of carbonyl (C=O) groups is 2. The van der Waals surface area contributed by atoms with Crippen LogP contribution in [0, 0.1) is 5.92 Å². The Labute approximate surface area is 157 Å². The molecule has 3 rings (SSSR count). The quantitative estimate of drug-likeness (QED) is 0.808. The molecule has 2 aromatic rings. The number of benzene rings is 1. The van der Waals surface area contributed by atoms with Crippen molar-refractivity contribution in [1.29, 1.82) is 0 Å². The van der Waals surface area contributed by atoms with Crippen LogP contribution in [0.25, 0.3) is 10.8 Å². The van der Waals surface area contributed by atoms with Crippen LogP contribution < -0.4 is 5.56 Å². The number of hydrogen-bond donors (Lipinski definition) is 0. The first-order valence-electron chi connectivity index (χ1n) is 9.10. The van der Waals surface area contributed by atoms with E-state index in [0.29, 0.717) is 38.2 Å². The van der Waals surface area contributed by atoms with E-state index in [4.69, 9.17) is 4.74 Å². The largest absolute Gasteiger partial charge is 0.449 e. The van der Waals surface area contributed by atoms with Gasteiger partial charge in [0, 0.05) is 31.6 Å². The molecule has 0 unspecified atom stereocenters. The van der Waals surface area contributed by atoms with Gasteiger partial charge in [-0.25, -0.2) is 9.48 Å². The second kappa shape index (κ2) is 8.20. The van der Waals surface area contributed by atoms with Crippen LogP contribution in [-0.4, -0.2) is 64.4 Å². The van der Waals surface area contributed by atoms with Gasteiger partial charge in [-0.2, -0.15) is 5.10 Å². The minimum atomic E-state index is -0.344. The molecule has 8 nitrogen and oxygen atoms in total. The maximum Gasteiger partial charge on any atom is 0.409 e. The van der Waals surface area contributed by atoms with Crippen molar-refractivity contribution in [2.24, 2.45) is 5.92 Å². The molecule has 27 heavy (non-hydrogen) atoms. The summed E-state index contributed by atoms with van der Waals surface area (Å²) in [6, 6.07) is 7.16. The van der Waals surface area contributed by atoms with E-state index < -0.39 is 0 Å². The zero-order chi connectivity index (χ0) is 19.4. The molecule has 0 aliphatic carbocycles. The third kappa shape index (κ3) is 4.45. The number of fused-ring (bicyclic) bond motifs is 1. The Morgan fingerprint density at radius 1 is 1.11 bits per heavy atom. The predicted octanol–water partition coefficient (Wildman–Crippen LogP) is 1.33. The van der Waals surface area contributed by atoms with Crippen molar-refractivity contribution in [3.63, 3.8) is 0 Å². The number of hydrogen-bond acceptors (Lipinski definition) is 5. The summed E-state index contributed by atoms with van der Waals surface area (Å²) in [5, 5.41) is 5.39. The lowest BCUT2D eigenvalue weighted by atomic mass is 10.2. The van der Waals surface area contributed by atoms with Crippen molar-refractivity contribution in [3.05, 3.63) is 40.8 Å². The van der Waals surface area contributed by atoms with Crippen LogP contribution >= 0.6 is 0 Å². The SMILES string of the molecule is CC(C)COC(=O)N1CCN(C(=O)Cn2ncc3ccccc3c2=O)CC1. The summed E-state index contributed by atoms with van der Waals surface area (Å²) in [5.74, 6) is 0.0969. The van der Waals surface area contributed by atoms with Crippen molar-refractivity contribution in [2.45, 2.75) is 20.4 Å². The Hall–Kier alpha value is -2.90. The third-order valence-electron chi connectivity index (χ3n) is 4.48. The summed E-state index contributed by atoms with van der Waals surface area (Å²) >= 11 is 0. The molecule has 8 heteroatoms. The number of rotatable bonds is 4. The average Bonchev–Trinajstić information content (AvgIpc) is 2.68. The lowest BCUT2D eigenvalue weighted by molar-refractivity contribution is -0.133. The Morgan fingerprint density at radius 3 is 2.48 bits per heavy atom. The third-order valence-corrected chi connectivity index (χ3v) is 4.48. The maximum absolute atomic E-state index is 12.5. The summed E-state index contributed by atoms with van der Waals surface area (Å²) in [6.45, 7) is 5.90. The van der Waals surface area contributed by atoms with Crippen LogP contribution in [0.3, 0.4) is 0 Å². The van der Waals surface area contributed by atoms with Gasteiger partial charge in [0.05, 0.1) is 18.2 Å². The molecule has 1 fully saturated rings. The molecule has 1 aliphatic heterocycles. The summed E-state index contributed by atoms with van der Waals surface area (Å²) in [4.78, 5) is 40.3. The van der Waals surface area contributed by atoms with Crippen molar-refractivity contribution in [2.75, 3.05) is 32.8 Å². The van der Waals surface area contributed by atoms with E-state index in [-0.39, 0.29) is 30.0 Å². The normalized spacial score (nSPS) is 14.6. The smallest absolute Gasteiger partial charge is 0.409 e. The highest BCUT2D eigenvalue weighted by Crippen LogP contribution is 2.08. The van der Waals surface area contributed by atoms with E-state index in [2.05, 4.69) is 5.10 Å². The number of piperazine rings is 1. The molecule has 1 aliphatic rings. The minimum absolute atomic E-state index is 0.110. The van der Waals surface area contributed by atoms with Crippen LogP contribution in [0.4, 0.5) is 4.79 Å². The summed E-state index contributed by atoms with van der Waals surface area (Å²) in [7, 11) is 0.